The van der Waals surface area contributed by atoms with Crippen molar-refractivity contribution in [1.29, 1.82) is 0 Å². The molecule has 2 aromatic rings. The fraction of sp³-hybridized carbons (Fsp3) is 0.318. The highest BCUT2D eigenvalue weighted by Gasteiger charge is 2.61. The molecule has 2 aliphatic carbocycles. The predicted molar refractivity (Wildman–Crippen MR) is 106 cm³/mol. The van der Waals surface area contributed by atoms with Gasteiger partial charge in [-0.1, -0.05) is 17.7 Å². The number of hydrogen-bond donors (Lipinski definition) is 1. The summed E-state index contributed by atoms with van der Waals surface area (Å²) in [5, 5.41) is 3.33. The van der Waals surface area contributed by atoms with Crippen molar-refractivity contribution in [3.8, 4) is 0 Å². The Labute approximate surface area is 167 Å². The molecule has 0 radical (unpaired) electrons. The number of halogens is 1. The number of carbonyl (C=O) groups is 3. The number of imide groups is 1. The van der Waals surface area contributed by atoms with Crippen LogP contribution in [0.25, 0.3) is 0 Å². The van der Waals surface area contributed by atoms with Crippen molar-refractivity contribution in [3.05, 3.63) is 59.1 Å². The van der Waals surface area contributed by atoms with E-state index in [1.165, 1.54) is 4.90 Å². The molecule has 1 heterocycles. The number of fused-ring (bicyclic) bond motifs is 5. The molecule has 1 saturated heterocycles. The van der Waals surface area contributed by atoms with Crippen LogP contribution in [0.15, 0.2) is 48.5 Å². The summed E-state index contributed by atoms with van der Waals surface area (Å²) in [5.74, 6) is 0.0203. The molecule has 2 bridgehead atoms. The maximum absolute atomic E-state index is 12.9. The van der Waals surface area contributed by atoms with Crippen LogP contribution >= 0.6 is 11.6 Å². The molecule has 28 heavy (non-hydrogen) atoms. The van der Waals surface area contributed by atoms with Gasteiger partial charge in [0.2, 0.25) is 11.8 Å². The zero-order chi connectivity index (χ0) is 19.4. The number of benzene rings is 2. The summed E-state index contributed by atoms with van der Waals surface area (Å²) in [5.41, 5.74) is 1.60. The average Bonchev–Trinajstić information content (AvgIpc) is 3.36. The van der Waals surface area contributed by atoms with E-state index in [9.17, 15) is 14.4 Å². The molecule has 4 atom stereocenters. The molecule has 142 valence electrons. The molecule has 2 saturated carbocycles. The summed E-state index contributed by atoms with van der Waals surface area (Å²) in [4.78, 5) is 39.6. The number of hydrogen-bond acceptors (Lipinski definition) is 3. The Balaban J connectivity index is 1.35. The summed E-state index contributed by atoms with van der Waals surface area (Å²) in [6.07, 6.45) is 3.13. The van der Waals surface area contributed by atoms with Crippen molar-refractivity contribution < 1.29 is 14.4 Å². The monoisotopic (exact) mass is 394 g/mol. The quantitative estimate of drug-likeness (QED) is 0.796. The molecule has 3 amide bonds. The van der Waals surface area contributed by atoms with Gasteiger partial charge in [-0.25, -0.2) is 0 Å². The lowest BCUT2D eigenvalue weighted by molar-refractivity contribution is -0.123. The highest BCUT2D eigenvalue weighted by Crippen LogP contribution is 2.56. The Hall–Kier alpha value is -2.66. The van der Waals surface area contributed by atoms with Crippen LogP contribution in [-0.2, 0) is 9.59 Å². The van der Waals surface area contributed by atoms with E-state index in [0.717, 1.165) is 19.3 Å². The summed E-state index contributed by atoms with van der Waals surface area (Å²) in [6, 6.07) is 13.5. The number of amides is 3. The fourth-order valence-corrected chi connectivity index (χ4v) is 5.38. The second-order valence-corrected chi connectivity index (χ2v) is 8.34. The standard InChI is InChI=1S/C22H19ClN2O3/c23-15-2-1-3-16(11-15)24-20(26)12-6-8-17(9-7-12)25-21(27)18-13-4-5-14(10-13)19(18)22(25)28/h1-3,6-9,11,13-14,18-19H,4-5,10H2,(H,24,26). The average molecular weight is 395 g/mol. The predicted octanol–water partition coefficient (Wildman–Crippen LogP) is 4.13. The maximum atomic E-state index is 12.9. The van der Waals surface area contributed by atoms with E-state index >= 15 is 0 Å². The SMILES string of the molecule is O=C(Nc1cccc(Cl)c1)c1ccc(N2C(=O)C3C4CCC(C4)C3C2=O)cc1. The first-order chi connectivity index (χ1) is 13.5. The van der Waals surface area contributed by atoms with Crippen LogP contribution in [0.3, 0.4) is 0 Å². The van der Waals surface area contributed by atoms with Gasteiger partial charge in [0.05, 0.1) is 17.5 Å². The largest absolute Gasteiger partial charge is 0.322 e. The first-order valence-corrected chi connectivity index (χ1v) is 9.95. The molecule has 3 aliphatic rings. The molecular formula is C22H19ClN2O3. The minimum atomic E-state index is -0.275. The van der Waals surface area contributed by atoms with Crippen molar-refractivity contribution in [2.45, 2.75) is 19.3 Å². The fourth-order valence-electron chi connectivity index (χ4n) is 5.19. The Kier molecular flexibility index (Phi) is 4.02. The normalized spacial score (nSPS) is 28.0. The Morgan fingerprint density at radius 1 is 0.964 bits per heavy atom. The topological polar surface area (TPSA) is 66.5 Å². The van der Waals surface area contributed by atoms with Gasteiger partial charge < -0.3 is 5.32 Å². The second kappa shape index (κ2) is 6.45. The third kappa shape index (κ3) is 2.65. The molecule has 6 heteroatoms. The van der Waals surface area contributed by atoms with E-state index in [4.69, 9.17) is 11.6 Å². The summed E-state index contributed by atoms with van der Waals surface area (Å²) in [7, 11) is 0. The highest BCUT2D eigenvalue weighted by atomic mass is 35.5. The zero-order valence-corrected chi connectivity index (χ0v) is 15.9. The van der Waals surface area contributed by atoms with E-state index in [2.05, 4.69) is 5.32 Å². The van der Waals surface area contributed by atoms with Crippen LogP contribution in [0.5, 0.6) is 0 Å². The van der Waals surface area contributed by atoms with Crippen LogP contribution in [0.2, 0.25) is 5.02 Å². The van der Waals surface area contributed by atoms with E-state index in [1.807, 2.05) is 0 Å². The lowest BCUT2D eigenvalue weighted by Gasteiger charge is -2.19. The van der Waals surface area contributed by atoms with Gasteiger partial charge in [0.25, 0.3) is 5.91 Å². The molecule has 4 unspecified atom stereocenters. The molecular weight excluding hydrogens is 376 g/mol. The van der Waals surface area contributed by atoms with Crippen molar-refractivity contribution >= 4 is 40.7 Å². The third-order valence-corrected chi connectivity index (χ3v) is 6.63. The molecule has 2 aromatic carbocycles. The van der Waals surface area contributed by atoms with Crippen molar-refractivity contribution in [2.24, 2.45) is 23.7 Å². The van der Waals surface area contributed by atoms with Crippen LogP contribution in [-0.4, -0.2) is 17.7 Å². The molecule has 5 nitrogen and oxygen atoms in total. The summed E-state index contributed by atoms with van der Waals surface area (Å²) in [6.45, 7) is 0. The van der Waals surface area contributed by atoms with Crippen molar-refractivity contribution in [3.63, 3.8) is 0 Å². The number of rotatable bonds is 3. The lowest BCUT2D eigenvalue weighted by Crippen LogP contribution is -2.32. The van der Waals surface area contributed by atoms with Gasteiger partial charge in [-0.15, -0.1) is 0 Å². The summed E-state index contributed by atoms with van der Waals surface area (Å²) >= 11 is 5.94. The molecule has 3 fully saturated rings. The van der Waals surface area contributed by atoms with Crippen molar-refractivity contribution in [2.75, 3.05) is 10.2 Å². The van der Waals surface area contributed by atoms with Gasteiger partial charge in [-0.05, 0) is 73.6 Å². The molecule has 1 aliphatic heterocycles. The van der Waals surface area contributed by atoms with Crippen LogP contribution in [0.1, 0.15) is 29.6 Å². The Morgan fingerprint density at radius 2 is 1.61 bits per heavy atom. The Bertz CT molecular complexity index is 960. The Morgan fingerprint density at radius 3 is 2.21 bits per heavy atom. The number of anilines is 2. The highest BCUT2D eigenvalue weighted by molar-refractivity contribution is 6.31. The molecule has 5 rings (SSSR count). The second-order valence-electron chi connectivity index (χ2n) is 7.91. The number of nitrogens with one attached hydrogen (secondary N) is 1. The minimum Gasteiger partial charge on any atom is -0.322 e. The number of nitrogens with zero attached hydrogens (tertiary/aromatic N) is 1. The molecule has 0 spiro atoms. The van der Waals surface area contributed by atoms with Crippen LogP contribution in [0, 0.1) is 23.7 Å². The maximum Gasteiger partial charge on any atom is 0.255 e. The third-order valence-electron chi connectivity index (χ3n) is 6.40. The van der Waals surface area contributed by atoms with Gasteiger partial charge in [0.15, 0.2) is 0 Å². The van der Waals surface area contributed by atoms with Gasteiger partial charge in [-0.3, -0.25) is 19.3 Å². The van der Waals surface area contributed by atoms with Gasteiger partial charge in [-0.2, -0.15) is 0 Å². The van der Waals surface area contributed by atoms with Gasteiger partial charge in [0, 0.05) is 16.3 Å². The van der Waals surface area contributed by atoms with Gasteiger partial charge in [0.1, 0.15) is 0 Å². The zero-order valence-electron chi connectivity index (χ0n) is 15.1. The molecule has 0 aromatic heterocycles. The van der Waals surface area contributed by atoms with E-state index < -0.39 is 0 Å². The van der Waals surface area contributed by atoms with Crippen molar-refractivity contribution in [1.82, 2.24) is 0 Å². The number of carbonyl (C=O) groups excluding carboxylic acids is 3. The first-order valence-electron chi connectivity index (χ1n) is 9.58. The van der Waals surface area contributed by atoms with E-state index in [1.54, 1.807) is 48.5 Å². The minimum absolute atomic E-state index is 0.0710. The first kappa shape index (κ1) is 17.4. The summed E-state index contributed by atoms with van der Waals surface area (Å²) < 4.78 is 0. The lowest BCUT2D eigenvalue weighted by atomic mass is 9.81. The molecule has 1 N–H and O–H groups in total. The van der Waals surface area contributed by atoms with E-state index in [-0.39, 0.29) is 29.6 Å². The van der Waals surface area contributed by atoms with E-state index in [0.29, 0.717) is 33.8 Å². The van der Waals surface area contributed by atoms with Crippen LogP contribution in [0.4, 0.5) is 11.4 Å². The van der Waals surface area contributed by atoms with Crippen LogP contribution < -0.4 is 10.2 Å². The van der Waals surface area contributed by atoms with Gasteiger partial charge >= 0.3 is 0 Å². The smallest absolute Gasteiger partial charge is 0.255 e.